The van der Waals surface area contributed by atoms with Gasteiger partial charge in [0.2, 0.25) is 5.91 Å². The van der Waals surface area contributed by atoms with Crippen molar-refractivity contribution >= 4 is 17.4 Å². The van der Waals surface area contributed by atoms with Crippen molar-refractivity contribution in [3.05, 3.63) is 66.7 Å². The summed E-state index contributed by atoms with van der Waals surface area (Å²) in [5.74, 6) is 2.04. The van der Waals surface area contributed by atoms with E-state index >= 15 is 0 Å². The van der Waals surface area contributed by atoms with E-state index in [0.717, 1.165) is 54.5 Å². The molecule has 1 N–H and O–H groups in total. The Bertz CT molecular complexity index is 1020. The molecule has 1 aromatic carbocycles. The molecule has 31 heavy (non-hydrogen) atoms. The monoisotopic (exact) mass is 415 g/mol. The van der Waals surface area contributed by atoms with E-state index in [2.05, 4.69) is 10.3 Å². The molecule has 3 aromatic rings. The lowest BCUT2D eigenvalue weighted by molar-refractivity contribution is -0.140. The number of amides is 1. The van der Waals surface area contributed by atoms with Gasteiger partial charge in [0.05, 0.1) is 5.69 Å². The number of carbonyl (C=O) groups excluding carboxylic acids is 1. The van der Waals surface area contributed by atoms with E-state index < -0.39 is 0 Å². The van der Waals surface area contributed by atoms with Crippen LogP contribution in [0, 0.1) is 5.41 Å². The summed E-state index contributed by atoms with van der Waals surface area (Å²) in [4.78, 5) is 28.5. The van der Waals surface area contributed by atoms with Crippen molar-refractivity contribution in [3.8, 4) is 11.3 Å². The predicted octanol–water partition coefficient (Wildman–Crippen LogP) is 5.03. The van der Waals surface area contributed by atoms with Crippen LogP contribution in [-0.2, 0) is 4.79 Å². The zero-order valence-corrected chi connectivity index (χ0v) is 18.4. The smallest absolute Gasteiger partial charge is 0.227 e. The Kier molecular flexibility index (Phi) is 5.98. The number of benzene rings is 1. The minimum Gasteiger partial charge on any atom is -0.342 e. The molecule has 0 spiro atoms. The number of piperidine rings is 1. The number of rotatable bonds is 4. The molecular weight excluding hydrogens is 386 g/mol. The molecule has 1 aliphatic heterocycles. The topological polar surface area (TPSA) is 71.0 Å². The number of para-hydroxylation sites is 1. The lowest BCUT2D eigenvalue weighted by atomic mass is 9.90. The Morgan fingerprint density at radius 2 is 1.68 bits per heavy atom. The number of nitrogens with zero attached hydrogens (tertiary/aromatic N) is 4. The molecule has 2 aromatic heterocycles. The molecule has 160 valence electrons. The van der Waals surface area contributed by atoms with Gasteiger partial charge in [0.1, 0.15) is 11.6 Å². The van der Waals surface area contributed by atoms with Gasteiger partial charge < -0.3 is 10.2 Å². The second-order valence-corrected chi connectivity index (χ2v) is 9.04. The summed E-state index contributed by atoms with van der Waals surface area (Å²) in [5.41, 5.74) is 2.52. The molecule has 3 heterocycles. The third-order valence-corrected chi connectivity index (χ3v) is 5.55. The summed E-state index contributed by atoms with van der Waals surface area (Å²) in [6.07, 6.45) is 5.29. The van der Waals surface area contributed by atoms with Crippen LogP contribution in [0.1, 0.15) is 45.4 Å². The second-order valence-electron chi connectivity index (χ2n) is 9.04. The molecular formula is C25H29N5O. The van der Waals surface area contributed by atoms with Crippen molar-refractivity contribution in [3.63, 3.8) is 0 Å². The first-order valence-corrected chi connectivity index (χ1v) is 10.8. The first kappa shape index (κ1) is 21.0. The number of hydrogen-bond acceptors (Lipinski definition) is 5. The first-order valence-electron chi connectivity index (χ1n) is 10.8. The normalized spacial score (nSPS) is 15.0. The Morgan fingerprint density at radius 1 is 1.00 bits per heavy atom. The highest BCUT2D eigenvalue weighted by Gasteiger charge is 2.31. The van der Waals surface area contributed by atoms with Crippen molar-refractivity contribution in [1.29, 1.82) is 0 Å². The molecule has 1 fully saturated rings. The quantitative estimate of drug-likeness (QED) is 0.647. The van der Waals surface area contributed by atoms with Gasteiger partial charge in [0.25, 0.3) is 0 Å². The molecule has 1 saturated heterocycles. The van der Waals surface area contributed by atoms with E-state index in [9.17, 15) is 4.79 Å². The summed E-state index contributed by atoms with van der Waals surface area (Å²) in [6, 6.07) is 15.9. The molecule has 0 saturated carbocycles. The maximum atomic E-state index is 12.6. The van der Waals surface area contributed by atoms with E-state index in [1.807, 2.05) is 74.2 Å². The number of hydrogen-bond donors (Lipinski definition) is 1. The summed E-state index contributed by atoms with van der Waals surface area (Å²) in [7, 11) is 0. The summed E-state index contributed by atoms with van der Waals surface area (Å²) in [6.45, 7) is 7.41. The number of anilines is 2. The van der Waals surface area contributed by atoms with Gasteiger partial charge in [-0.05, 0) is 37.1 Å². The minimum absolute atomic E-state index is 0.212. The van der Waals surface area contributed by atoms with Gasteiger partial charge in [-0.3, -0.25) is 9.78 Å². The van der Waals surface area contributed by atoms with Crippen LogP contribution in [0.5, 0.6) is 0 Å². The highest BCUT2D eigenvalue weighted by Crippen LogP contribution is 2.31. The van der Waals surface area contributed by atoms with Crippen LogP contribution in [0.4, 0.5) is 11.5 Å². The zero-order valence-electron chi connectivity index (χ0n) is 18.4. The fourth-order valence-electron chi connectivity index (χ4n) is 3.87. The summed E-state index contributed by atoms with van der Waals surface area (Å²) < 4.78 is 0. The van der Waals surface area contributed by atoms with Gasteiger partial charge >= 0.3 is 0 Å². The van der Waals surface area contributed by atoms with E-state index in [4.69, 9.17) is 9.97 Å². The number of carbonyl (C=O) groups is 1. The Balaban J connectivity index is 1.60. The van der Waals surface area contributed by atoms with Crippen LogP contribution < -0.4 is 5.32 Å². The van der Waals surface area contributed by atoms with Gasteiger partial charge in [-0.15, -0.1) is 0 Å². The average molecular weight is 416 g/mol. The van der Waals surface area contributed by atoms with Crippen LogP contribution in [0.15, 0.2) is 60.9 Å². The van der Waals surface area contributed by atoms with Crippen LogP contribution in [0.3, 0.4) is 0 Å². The van der Waals surface area contributed by atoms with Crippen LogP contribution in [-0.4, -0.2) is 38.8 Å². The van der Waals surface area contributed by atoms with E-state index in [-0.39, 0.29) is 17.2 Å². The number of pyridine rings is 1. The van der Waals surface area contributed by atoms with Gasteiger partial charge in [-0.25, -0.2) is 9.97 Å². The minimum atomic E-state index is -0.350. The zero-order chi connectivity index (χ0) is 21.8. The first-order chi connectivity index (χ1) is 14.9. The van der Waals surface area contributed by atoms with Crippen molar-refractivity contribution < 1.29 is 4.79 Å². The number of aromatic nitrogens is 3. The van der Waals surface area contributed by atoms with E-state index in [1.54, 1.807) is 12.4 Å². The highest BCUT2D eigenvalue weighted by atomic mass is 16.2. The van der Waals surface area contributed by atoms with Crippen LogP contribution in [0.25, 0.3) is 11.3 Å². The van der Waals surface area contributed by atoms with Crippen molar-refractivity contribution in [2.75, 3.05) is 18.4 Å². The lowest BCUT2D eigenvalue weighted by Crippen LogP contribution is -2.43. The summed E-state index contributed by atoms with van der Waals surface area (Å²) >= 11 is 0. The fraction of sp³-hybridized carbons (Fsp3) is 0.360. The van der Waals surface area contributed by atoms with Gasteiger partial charge in [0.15, 0.2) is 0 Å². The maximum Gasteiger partial charge on any atom is 0.227 e. The molecule has 4 rings (SSSR count). The fourth-order valence-corrected chi connectivity index (χ4v) is 3.87. The van der Waals surface area contributed by atoms with Crippen molar-refractivity contribution in [2.24, 2.45) is 5.41 Å². The molecule has 0 radical (unpaired) electrons. The Hall–Kier alpha value is -3.28. The standard InChI is InChI=1S/C25H29N5O/c1-25(2,3)24(31)30-15-11-19(12-16-30)23-28-21(18-9-13-26-14-10-18)17-22(29-23)27-20-7-5-4-6-8-20/h4-10,13-14,17,19H,11-12,15-16H2,1-3H3,(H,27,28,29). The van der Waals surface area contributed by atoms with E-state index in [0.29, 0.717) is 0 Å². The van der Waals surface area contributed by atoms with Crippen LogP contribution in [0.2, 0.25) is 0 Å². The molecule has 0 atom stereocenters. The van der Waals surface area contributed by atoms with Crippen LogP contribution >= 0.6 is 0 Å². The highest BCUT2D eigenvalue weighted by molar-refractivity contribution is 5.81. The molecule has 6 heteroatoms. The van der Waals surface area contributed by atoms with Crippen molar-refractivity contribution in [1.82, 2.24) is 19.9 Å². The predicted molar refractivity (Wildman–Crippen MR) is 123 cm³/mol. The SMILES string of the molecule is CC(C)(C)C(=O)N1CCC(c2nc(Nc3ccccc3)cc(-c3ccncc3)n2)CC1. The van der Waals surface area contributed by atoms with Gasteiger partial charge in [-0.2, -0.15) is 0 Å². The molecule has 0 unspecified atom stereocenters. The average Bonchev–Trinajstić information content (AvgIpc) is 2.79. The molecule has 1 amide bonds. The van der Waals surface area contributed by atoms with E-state index in [1.165, 1.54) is 0 Å². The Morgan fingerprint density at radius 3 is 2.32 bits per heavy atom. The molecule has 0 aliphatic carbocycles. The number of nitrogens with one attached hydrogen (secondary N) is 1. The largest absolute Gasteiger partial charge is 0.342 e. The third-order valence-electron chi connectivity index (χ3n) is 5.55. The maximum absolute atomic E-state index is 12.6. The third kappa shape index (κ3) is 5.08. The Labute approximate surface area is 183 Å². The number of likely N-dealkylation sites (tertiary alicyclic amines) is 1. The van der Waals surface area contributed by atoms with Gasteiger partial charge in [-0.1, -0.05) is 39.0 Å². The summed E-state index contributed by atoms with van der Waals surface area (Å²) in [5, 5.41) is 3.41. The van der Waals surface area contributed by atoms with Gasteiger partial charge in [0, 0.05) is 54.1 Å². The molecule has 1 aliphatic rings. The second kappa shape index (κ2) is 8.84. The molecule has 6 nitrogen and oxygen atoms in total. The van der Waals surface area contributed by atoms with Crippen molar-refractivity contribution in [2.45, 2.75) is 39.5 Å². The lowest BCUT2D eigenvalue weighted by Gasteiger charge is -2.35. The molecule has 0 bridgehead atoms.